The molecule has 5 rings (SSSR count). The van der Waals surface area contributed by atoms with Crippen molar-refractivity contribution in [3.05, 3.63) is 60.7 Å². The Labute approximate surface area is 191 Å². The van der Waals surface area contributed by atoms with Crippen LogP contribution in [-0.2, 0) is 4.74 Å². The van der Waals surface area contributed by atoms with E-state index in [4.69, 9.17) is 9.47 Å². The highest BCUT2D eigenvalue weighted by Crippen LogP contribution is 2.32. The van der Waals surface area contributed by atoms with Gasteiger partial charge >= 0.3 is 6.09 Å². The van der Waals surface area contributed by atoms with Gasteiger partial charge in [0.05, 0.1) is 10.9 Å². The molecule has 0 saturated heterocycles. The molecule has 1 amide bonds. The Balaban J connectivity index is 1.37. The quantitative estimate of drug-likeness (QED) is 0.460. The van der Waals surface area contributed by atoms with E-state index in [0.717, 1.165) is 27.6 Å². The van der Waals surface area contributed by atoms with Crippen molar-refractivity contribution in [1.82, 2.24) is 24.8 Å². The number of H-pyrrole nitrogens is 1. The Morgan fingerprint density at radius 3 is 2.79 bits per heavy atom. The second-order valence-corrected chi connectivity index (χ2v) is 8.99. The molecule has 0 saturated carbocycles. The summed E-state index contributed by atoms with van der Waals surface area (Å²) in [6.07, 6.45) is 5.72. The van der Waals surface area contributed by atoms with Crippen LogP contribution in [0.3, 0.4) is 0 Å². The van der Waals surface area contributed by atoms with Crippen LogP contribution in [0.1, 0.15) is 32.9 Å². The third kappa shape index (κ3) is 4.50. The Kier molecular flexibility index (Phi) is 5.20. The number of rotatable bonds is 3. The van der Waals surface area contributed by atoms with Crippen molar-refractivity contribution in [1.29, 1.82) is 0 Å². The maximum absolute atomic E-state index is 12.3. The van der Waals surface area contributed by atoms with Gasteiger partial charge in [-0.2, -0.15) is 0 Å². The minimum absolute atomic E-state index is 0.290. The average molecular weight is 444 g/mol. The fourth-order valence-corrected chi connectivity index (χ4v) is 3.81. The lowest BCUT2D eigenvalue weighted by atomic mass is 10.1. The third-order valence-electron chi connectivity index (χ3n) is 5.38. The molecule has 0 bridgehead atoms. The molecule has 1 aliphatic rings. The van der Waals surface area contributed by atoms with Crippen molar-refractivity contribution in [2.45, 2.75) is 32.8 Å². The lowest BCUT2D eigenvalue weighted by Crippen LogP contribution is -2.39. The molecule has 0 atom stereocenters. The maximum Gasteiger partial charge on any atom is 0.410 e. The Morgan fingerprint density at radius 1 is 1.12 bits per heavy atom. The molecule has 8 nitrogen and oxygen atoms in total. The number of nitrogens with one attached hydrogen (secondary N) is 1. The van der Waals surface area contributed by atoms with Gasteiger partial charge in [-0.15, -0.1) is 0 Å². The van der Waals surface area contributed by atoms with Crippen molar-refractivity contribution in [3.8, 4) is 11.6 Å². The lowest BCUT2D eigenvalue weighted by Gasteiger charge is -2.29. The SMILES string of the molecule is CC(C)(C)OC(=O)N1CC=C(c2cc3c(Oc4ccc5ncccc5c4)ncnc3[nH]2)CC1. The fraction of sp³-hybridized carbons (Fsp3) is 0.280. The first-order valence-electron chi connectivity index (χ1n) is 10.9. The van der Waals surface area contributed by atoms with E-state index in [1.165, 1.54) is 6.33 Å². The van der Waals surface area contributed by atoms with Crippen LogP contribution in [0.5, 0.6) is 11.6 Å². The molecule has 4 heterocycles. The van der Waals surface area contributed by atoms with Crippen molar-refractivity contribution in [2.75, 3.05) is 13.1 Å². The van der Waals surface area contributed by atoms with Crippen LogP contribution in [0.25, 0.3) is 27.5 Å². The molecule has 0 unspecified atom stereocenters. The number of hydrogen-bond donors (Lipinski definition) is 1. The van der Waals surface area contributed by atoms with Crippen LogP contribution in [0, 0.1) is 0 Å². The number of amides is 1. The summed E-state index contributed by atoms with van der Waals surface area (Å²) in [6, 6.07) is 11.6. The number of nitrogens with zero attached hydrogens (tertiary/aromatic N) is 4. The van der Waals surface area contributed by atoms with Crippen LogP contribution in [-0.4, -0.2) is 49.6 Å². The van der Waals surface area contributed by atoms with Gasteiger partial charge in [0.1, 0.15) is 23.3 Å². The molecule has 168 valence electrons. The van der Waals surface area contributed by atoms with E-state index >= 15 is 0 Å². The van der Waals surface area contributed by atoms with Crippen molar-refractivity contribution >= 4 is 33.6 Å². The monoisotopic (exact) mass is 443 g/mol. The number of pyridine rings is 1. The van der Waals surface area contributed by atoms with Gasteiger partial charge in [0.25, 0.3) is 0 Å². The van der Waals surface area contributed by atoms with Gasteiger partial charge in [-0.05, 0) is 63.1 Å². The highest BCUT2D eigenvalue weighted by atomic mass is 16.6. The van der Waals surface area contributed by atoms with E-state index in [9.17, 15) is 4.79 Å². The smallest absolute Gasteiger partial charge is 0.410 e. The zero-order valence-electron chi connectivity index (χ0n) is 18.8. The minimum Gasteiger partial charge on any atom is -0.444 e. The molecular formula is C25H25N5O3. The molecule has 0 radical (unpaired) electrons. The molecule has 0 spiro atoms. The van der Waals surface area contributed by atoms with Gasteiger partial charge in [-0.1, -0.05) is 12.1 Å². The van der Waals surface area contributed by atoms with Gasteiger partial charge < -0.3 is 19.4 Å². The van der Waals surface area contributed by atoms with Crippen molar-refractivity contribution in [2.24, 2.45) is 0 Å². The molecule has 1 N–H and O–H groups in total. The van der Waals surface area contributed by atoms with Crippen LogP contribution in [0.15, 0.2) is 55.0 Å². The Morgan fingerprint density at radius 2 is 2.00 bits per heavy atom. The zero-order chi connectivity index (χ0) is 23.0. The minimum atomic E-state index is -0.505. The number of aromatic nitrogens is 4. The predicted octanol–water partition coefficient (Wildman–Crippen LogP) is 5.32. The molecule has 4 aromatic rings. The van der Waals surface area contributed by atoms with Gasteiger partial charge in [0, 0.05) is 30.4 Å². The van der Waals surface area contributed by atoms with Gasteiger partial charge in [0.15, 0.2) is 0 Å². The molecule has 0 fully saturated rings. The molecular weight excluding hydrogens is 418 g/mol. The summed E-state index contributed by atoms with van der Waals surface area (Å²) in [6.45, 7) is 6.71. The normalized spacial score (nSPS) is 14.4. The number of fused-ring (bicyclic) bond motifs is 2. The van der Waals surface area contributed by atoms with Crippen LogP contribution >= 0.6 is 0 Å². The molecule has 3 aromatic heterocycles. The standard InChI is InChI=1S/C25H25N5O3/c1-25(2,3)33-24(31)30-11-8-16(9-12-30)21-14-19-22(29-21)27-15-28-23(19)32-18-6-7-20-17(13-18)5-4-10-26-20/h4-8,10,13-15H,9,11-12H2,1-3H3,(H,27,28,29). The molecule has 1 aromatic carbocycles. The van der Waals surface area contributed by atoms with E-state index in [2.05, 4.69) is 19.9 Å². The Bertz CT molecular complexity index is 1370. The third-order valence-corrected chi connectivity index (χ3v) is 5.38. The number of benzene rings is 1. The summed E-state index contributed by atoms with van der Waals surface area (Å²) in [5, 5.41) is 1.80. The van der Waals surface area contributed by atoms with E-state index in [1.807, 2.05) is 63.2 Å². The number of aromatic amines is 1. The van der Waals surface area contributed by atoms with E-state index in [1.54, 1.807) is 11.1 Å². The number of hydrogen-bond acceptors (Lipinski definition) is 6. The first-order valence-corrected chi connectivity index (χ1v) is 10.9. The molecule has 33 heavy (non-hydrogen) atoms. The maximum atomic E-state index is 12.3. The Hall–Kier alpha value is -3.94. The summed E-state index contributed by atoms with van der Waals surface area (Å²) < 4.78 is 11.6. The van der Waals surface area contributed by atoms with E-state index in [0.29, 0.717) is 36.8 Å². The molecule has 1 aliphatic heterocycles. The summed E-state index contributed by atoms with van der Waals surface area (Å²) >= 11 is 0. The highest BCUT2D eigenvalue weighted by molar-refractivity contribution is 5.87. The van der Waals surface area contributed by atoms with Gasteiger partial charge in [-0.3, -0.25) is 4.98 Å². The average Bonchev–Trinajstić information content (AvgIpc) is 3.23. The van der Waals surface area contributed by atoms with E-state index in [-0.39, 0.29) is 6.09 Å². The van der Waals surface area contributed by atoms with Crippen LogP contribution < -0.4 is 4.74 Å². The summed E-state index contributed by atoms with van der Waals surface area (Å²) in [5.41, 5.74) is 3.17. The number of ether oxygens (including phenoxy) is 2. The van der Waals surface area contributed by atoms with Crippen LogP contribution in [0.2, 0.25) is 0 Å². The summed E-state index contributed by atoms with van der Waals surface area (Å²) in [5.74, 6) is 1.17. The first kappa shape index (κ1) is 20.9. The highest BCUT2D eigenvalue weighted by Gasteiger charge is 2.24. The van der Waals surface area contributed by atoms with Gasteiger partial charge in [0.2, 0.25) is 5.88 Å². The predicted molar refractivity (Wildman–Crippen MR) is 126 cm³/mol. The zero-order valence-corrected chi connectivity index (χ0v) is 18.8. The topological polar surface area (TPSA) is 93.2 Å². The number of carbonyl (C=O) groups excluding carboxylic acids is 1. The second-order valence-electron chi connectivity index (χ2n) is 8.99. The van der Waals surface area contributed by atoms with E-state index < -0.39 is 5.60 Å². The van der Waals surface area contributed by atoms with Crippen LogP contribution in [0.4, 0.5) is 4.79 Å². The fourth-order valence-electron chi connectivity index (χ4n) is 3.81. The lowest BCUT2D eigenvalue weighted by molar-refractivity contribution is 0.0270. The molecule has 0 aliphatic carbocycles. The largest absolute Gasteiger partial charge is 0.444 e. The summed E-state index contributed by atoms with van der Waals surface area (Å²) in [4.78, 5) is 30.5. The van der Waals surface area contributed by atoms with Crippen molar-refractivity contribution in [3.63, 3.8) is 0 Å². The van der Waals surface area contributed by atoms with Crippen molar-refractivity contribution < 1.29 is 14.3 Å². The first-order chi connectivity index (χ1) is 15.9. The second kappa shape index (κ2) is 8.20. The number of carbonyl (C=O) groups is 1. The summed E-state index contributed by atoms with van der Waals surface area (Å²) in [7, 11) is 0. The molecule has 8 heteroatoms. The van der Waals surface area contributed by atoms with Gasteiger partial charge in [-0.25, -0.2) is 14.8 Å².